The Bertz CT molecular complexity index is 218. The van der Waals surface area contributed by atoms with E-state index in [1.165, 1.54) is 25.5 Å². The molecule has 0 spiro atoms. The maximum atomic E-state index is 8.97. The molecule has 1 aromatic heterocycles. The second-order valence-corrected chi connectivity index (χ2v) is 2.96. The van der Waals surface area contributed by atoms with E-state index in [2.05, 4.69) is 11.9 Å². The minimum Gasteiger partial charge on any atom is -0.506 e. The van der Waals surface area contributed by atoms with Gasteiger partial charge in [0.25, 0.3) is 0 Å². The molecule has 2 heteroatoms. The number of aryl methyl sites for hydroxylation is 1. The number of pyridine rings is 1. The van der Waals surface area contributed by atoms with Crippen LogP contribution in [0.25, 0.3) is 0 Å². The number of hydrogen-bond acceptors (Lipinski definition) is 2. The molecule has 0 saturated carbocycles. The van der Waals surface area contributed by atoms with Gasteiger partial charge in [0.05, 0.1) is 6.20 Å². The van der Waals surface area contributed by atoms with Crippen molar-refractivity contribution >= 4 is 0 Å². The molecule has 0 aliphatic rings. The number of unbranched alkanes of at least 4 members (excludes halogenated alkanes) is 2. The van der Waals surface area contributed by atoms with E-state index in [4.69, 9.17) is 5.11 Å². The van der Waals surface area contributed by atoms with Crippen molar-refractivity contribution in [1.29, 1.82) is 0 Å². The highest BCUT2D eigenvalue weighted by atomic mass is 16.3. The quantitative estimate of drug-likeness (QED) is 0.695. The molecule has 1 aromatic rings. The Morgan fingerprint density at radius 3 is 2.75 bits per heavy atom. The normalized spacial score (nSPS) is 10.1. The van der Waals surface area contributed by atoms with E-state index >= 15 is 0 Å². The van der Waals surface area contributed by atoms with E-state index in [0.717, 1.165) is 12.1 Å². The Labute approximate surface area is 73.3 Å². The second-order valence-electron chi connectivity index (χ2n) is 2.96. The van der Waals surface area contributed by atoms with Crippen LogP contribution in [0.2, 0.25) is 0 Å². The highest BCUT2D eigenvalue weighted by Gasteiger charge is 1.93. The molecular formula is C10H15NO. The maximum absolute atomic E-state index is 8.97. The van der Waals surface area contributed by atoms with Gasteiger partial charge in [0.15, 0.2) is 0 Å². The topological polar surface area (TPSA) is 33.1 Å². The van der Waals surface area contributed by atoms with Gasteiger partial charge in [-0.1, -0.05) is 19.8 Å². The molecule has 0 amide bonds. The summed E-state index contributed by atoms with van der Waals surface area (Å²) in [6, 6.07) is 3.57. The predicted molar refractivity (Wildman–Crippen MR) is 49.1 cm³/mol. The highest BCUT2D eigenvalue weighted by Crippen LogP contribution is 2.08. The van der Waals surface area contributed by atoms with Crippen LogP contribution in [0.1, 0.15) is 31.9 Å². The van der Waals surface area contributed by atoms with Crippen LogP contribution in [0.15, 0.2) is 18.3 Å². The molecule has 0 radical (unpaired) electrons. The molecule has 0 saturated heterocycles. The van der Waals surface area contributed by atoms with Gasteiger partial charge >= 0.3 is 0 Å². The number of aromatic nitrogens is 1. The Balaban J connectivity index is 2.37. The van der Waals surface area contributed by atoms with E-state index in [9.17, 15) is 0 Å². The van der Waals surface area contributed by atoms with Gasteiger partial charge in [-0.15, -0.1) is 0 Å². The molecule has 1 N–H and O–H groups in total. The van der Waals surface area contributed by atoms with Crippen LogP contribution in [-0.4, -0.2) is 10.1 Å². The Kier molecular flexibility index (Phi) is 3.58. The lowest BCUT2D eigenvalue weighted by atomic mass is 10.1. The van der Waals surface area contributed by atoms with Gasteiger partial charge in [-0.2, -0.15) is 0 Å². The van der Waals surface area contributed by atoms with Crippen LogP contribution in [0.4, 0.5) is 0 Å². The van der Waals surface area contributed by atoms with Crippen molar-refractivity contribution in [2.45, 2.75) is 32.6 Å². The first-order valence-electron chi connectivity index (χ1n) is 4.47. The SMILES string of the molecule is CCCCCc1ccc(O)cn1. The molecule has 0 bridgehead atoms. The van der Waals surface area contributed by atoms with Gasteiger partial charge in [-0.3, -0.25) is 4.98 Å². The van der Waals surface area contributed by atoms with Crippen molar-refractivity contribution in [2.75, 3.05) is 0 Å². The lowest BCUT2D eigenvalue weighted by molar-refractivity contribution is 0.472. The summed E-state index contributed by atoms with van der Waals surface area (Å²) in [6.07, 6.45) is 6.20. The minimum atomic E-state index is 0.245. The molecule has 0 aliphatic heterocycles. The minimum absolute atomic E-state index is 0.245. The summed E-state index contributed by atoms with van der Waals surface area (Å²) in [5.74, 6) is 0.245. The third kappa shape index (κ3) is 2.91. The fourth-order valence-corrected chi connectivity index (χ4v) is 1.12. The first-order valence-corrected chi connectivity index (χ1v) is 4.47. The van der Waals surface area contributed by atoms with Crippen molar-refractivity contribution in [1.82, 2.24) is 4.98 Å². The van der Waals surface area contributed by atoms with Gasteiger partial charge in [0, 0.05) is 5.69 Å². The predicted octanol–water partition coefficient (Wildman–Crippen LogP) is 2.52. The van der Waals surface area contributed by atoms with Crippen LogP contribution < -0.4 is 0 Å². The molecule has 1 rings (SSSR count). The van der Waals surface area contributed by atoms with E-state index < -0.39 is 0 Å². The van der Waals surface area contributed by atoms with Gasteiger partial charge in [0.1, 0.15) is 5.75 Å². The van der Waals surface area contributed by atoms with E-state index in [-0.39, 0.29) is 5.75 Å². The average molecular weight is 165 g/mol. The number of nitrogens with zero attached hydrogens (tertiary/aromatic N) is 1. The molecule has 12 heavy (non-hydrogen) atoms. The van der Waals surface area contributed by atoms with Crippen LogP contribution >= 0.6 is 0 Å². The molecule has 0 aromatic carbocycles. The zero-order valence-electron chi connectivity index (χ0n) is 7.45. The molecule has 66 valence electrons. The summed E-state index contributed by atoms with van der Waals surface area (Å²) in [5.41, 5.74) is 1.07. The summed E-state index contributed by atoms with van der Waals surface area (Å²) < 4.78 is 0. The Hall–Kier alpha value is -1.05. The number of rotatable bonds is 4. The van der Waals surface area contributed by atoms with Crippen molar-refractivity contribution in [3.05, 3.63) is 24.0 Å². The van der Waals surface area contributed by atoms with Crippen molar-refractivity contribution in [2.24, 2.45) is 0 Å². The molecule has 0 fully saturated rings. The first kappa shape index (κ1) is 9.04. The Morgan fingerprint density at radius 1 is 1.33 bits per heavy atom. The second kappa shape index (κ2) is 4.75. The van der Waals surface area contributed by atoms with E-state index in [1.807, 2.05) is 6.07 Å². The molecule has 2 nitrogen and oxygen atoms in total. The van der Waals surface area contributed by atoms with Gasteiger partial charge in [0.2, 0.25) is 0 Å². The van der Waals surface area contributed by atoms with Crippen molar-refractivity contribution in [3.63, 3.8) is 0 Å². The largest absolute Gasteiger partial charge is 0.506 e. The van der Waals surface area contributed by atoms with Crippen LogP contribution in [-0.2, 0) is 6.42 Å². The molecule has 0 unspecified atom stereocenters. The van der Waals surface area contributed by atoms with Gasteiger partial charge < -0.3 is 5.11 Å². The standard InChI is InChI=1S/C10H15NO/c1-2-3-4-5-9-6-7-10(12)8-11-9/h6-8,12H,2-5H2,1H3. The zero-order chi connectivity index (χ0) is 8.81. The smallest absolute Gasteiger partial charge is 0.133 e. The van der Waals surface area contributed by atoms with Crippen molar-refractivity contribution < 1.29 is 5.11 Å². The zero-order valence-corrected chi connectivity index (χ0v) is 7.45. The fraction of sp³-hybridized carbons (Fsp3) is 0.500. The Morgan fingerprint density at radius 2 is 2.17 bits per heavy atom. The molecule has 0 atom stereocenters. The summed E-state index contributed by atoms with van der Waals surface area (Å²) in [4.78, 5) is 4.10. The van der Waals surface area contributed by atoms with Gasteiger partial charge in [-0.05, 0) is 25.0 Å². The number of hydrogen-bond donors (Lipinski definition) is 1. The number of aromatic hydroxyl groups is 1. The van der Waals surface area contributed by atoms with E-state index in [0.29, 0.717) is 0 Å². The lowest BCUT2D eigenvalue weighted by Crippen LogP contribution is -1.88. The van der Waals surface area contributed by atoms with Crippen LogP contribution in [0, 0.1) is 0 Å². The molecule has 0 aliphatic carbocycles. The third-order valence-corrected chi connectivity index (χ3v) is 1.85. The van der Waals surface area contributed by atoms with Crippen molar-refractivity contribution in [3.8, 4) is 5.75 Å². The monoisotopic (exact) mass is 165 g/mol. The third-order valence-electron chi connectivity index (χ3n) is 1.85. The molecular weight excluding hydrogens is 150 g/mol. The summed E-state index contributed by atoms with van der Waals surface area (Å²) in [5, 5.41) is 8.97. The summed E-state index contributed by atoms with van der Waals surface area (Å²) >= 11 is 0. The lowest BCUT2D eigenvalue weighted by Gasteiger charge is -1.98. The summed E-state index contributed by atoms with van der Waals surface area (Å²) in [7, 11) is 0. The van der Waals surface area contributed by atoms with Crippen LogP contribution in [0.5, 0.6) is 5.75 Å². The summed E-state index contributed by atoms with van der Waals surface area (Å²) in [6.45, 7) is 2.18. The van der Waals surface area contributed by atoms with Crippen LogP contribution in [0.3, 0.4) is 0 Å². The van der Waals surface area contributed by atoms with Gasteiger partial charge in [-0.25, -0.2) is 0 Å². The fourth-order valence-electron chi connectivity index (χ4n) is 1.12. The van der Waals surface area contributed by atoms with E-state index in [1.54, 1.807) is 6.07 Å². The average Bonchev–Trinajstić information content (AvgIpc) is 2.09. The first-order chi connectivity index (χ1) is 5.83. The maximum Gasteiger partial charge on any atom is 0.133 e. The highest BCUT2D eigenvalue weighted by molar-refractivity contribution is 5.17. The molecule has 1 heterocycles.